The zero-order valence-electron chi connectivity index (χ0n) is 12.8. The highest BCUT2D eigenvalue weighted by Gasteiger charge is 2.19. The zero-order valence-corrected chi connectivity index (χ0v) is 13.6. The van der Waals surface area contributed by atoms with Crippen molar-refractivity contribution in [1.29, 1.82) is 0 Å². The zero-order chi connectivity index (χ0) is 16.2. The molecule has 0 saturated carbocycles. The van der Waals surface area contributed by atoms with E-state index < -0.39 is 10.0 Å². The van der Waals surface area contributed by atoms with Crippen LogP contribution in [0.15, 0.2) is 48.5 Å². The molecule has 2 rings (SSSR count). The Bertz CT molecular complexity index is 726. The van der Waals surface area contributed by atoms with E-state index in [9.17, 15) is 8.42 Å². The number of benzene rings is 2. The van der Waals surface area contributed by atoms with Crippen molar-refractivity contribution in [2.75, 3.05) is 24.8 Å². The molecule has 0 atom stereocenters. The standard InChI is InChI=1S/C16H19NO4S/c1-20-15-10-8-14(9-11-15)17(22(3,18)19)12-13-6-4-5-7-16(13)21-2/h4-11H,12H2,1-3H3. The molecule has 0 radical (unpaired) electrons. The molecular weight excluding hydrogens is 302 g/mol. The van der Waals surface area contributed by atoms with E-state index in [-0.39, 0.29) is 6.54 Å². The van der Waals surface area contributed by atoms with Gasteiger partial charge in [0.1, 0.15) is 11.5 Å². The van der Waals surface area contributed by atoms with Crippen molar-refractivity contribution < 1.29 is 17.9 Å². The van der Waals surface area contributed by atoms with E-state index in [2.05, 4.69) is 0 Å². The molecule has 0 unspecified atom stereocenters. The number of hydrogen-bond acceptors (Lipinski definition) is 4. The monoisotopic (exact) mass is 321 g/mol. The maximum atomic E-state index is 12.1. The first-order valence-corrected chi connectivity index (χ1v) is 8.54. The number of hydrogen-bond donors (Lipinski definition) is 0. The number of nitrogens with zero attached hydrogens (tertiary/aromatic N) is 1. The van der Waals surface area contributed by atoms with Crippen LogP contribution in [-0.2, 0) is 16.6 Å². The number of sulfonamides is 1. The van der Waals surface area contributed by atoms with Crippen molar-refractivity contribution in [2.24, 2.45) is 0 Å². The van der Waals surface area contributed by atoms with Crippen LogP contribution in [0.25, 0.3) is 0 Å². The van der Waals surface area contributed by atoms with Gasteiger partial charge in [-0.3, -0.25) is 4.31 Å². The first kappa shape index (κ1) is 16.2. The Morgan fingerprint density at radius 3 is 2.14 bits per heavy atom. The number of methoxy groups -OCH3 is 2. The van der Waals surface area contributed by atoms with Crippen molar-refractivity contribution in [2.45, 2.75) is 6.54 Å². The quantitative estimate of drug-likeness (QED) is 0.821. The van der Waals surface area contributed by atoms with Crippen LogP contribution in [0.4, 0.5) is 5.69 Å². The smallest absolute Gasteiger partial charge is 0.232 e. The molecule has 0 aromatic heterocycles. The van der Waals surface area contributed by atoms with Gasteiger partial charge in [0.25, 0.3) is 0 Å². The Labute approximate surface area is 131 Å². The van der Waals surface area contributed by atoms with Crippen molar-refractivity contribution in [1.82, 2.24) is 0 Å². The molecule has 0 amide bonds. The van der Waals surface area contributed by atoms with Gasteiger partial charge in [-0.2, -0.15) is 0 Å². The normalized spacial score (nSPS) is 11.0. The van der Waals surface area contributed by atoms with Crippen LogP contribution in [0.2, 0.25) is 0 Å². The summed E-state index contributed by atoms with van der Waals surface area (Å²) in [6.45, 7) is 0.204. The highest BCUT2D eigenvalue weighted by atomic mass is 32.2. The molecule has 0 aliphatic heterocycles. The van der Waals surface area contributed by atoms with Crippen LogP contribution in [0.1, 0.15) is 5.56 Å². The van der Waals surface area contributed by atoms with Gasteiger partial charge < -0.3 is 9.47 Å². The number of ether oxygens (including phenoxy) is 2. The van der Waals surface area contributed by atoms with Crippen molar-refractivity contribution in [3.8, 4) is 11.5 Å². The minimum Gasteiger partial charge on any atom is -0.497 e. The summed E-state index contributed by atoms with van der Waals surface area (Å²) in [6.07, 6.45) is 1.19. The molecule has 0 aliphatic carbocycles. The average molecular weight is 321 g/mol. The summed E-state index contributed by atoms with van der Waals surface area (Å²) >= 11 is 0. The summed E-state index contributed by atoms with van der Waals surface area (Å²) in [4.78, 5) is 0. The van der Waals surface area contributed by atoms with E-state index >= 15 is 0 Å². The van der Waals surface area contributed by atoms with E-state index in [4.69, 9.17) is 9.47 Å². The number of para-hydroxylation sites is 1. The summed E-state index contributed by atoms with van der Waals surface area (Å²) in [5.74, 6) is 1.33. The number of rotatable bonds is 6. The van der Waals surface area contributed by atoms with Gasteiger partial charge in [0, 0.05) is 5.56 Å². The van der Waals surface area contributed by atoms with E-state index in [1.165, 1.54) is 10.6 Å². The van der Waals surface area contributed by atoms with E-state index in [0.717, 1.165) is 5.56 Å². The SMILES string of the molecule is COc1ccc(N(Cc2ccccc2OC)S(C)(=O)=O)cc1. The molecule has 22 heavy (non-hydrogen) atoms. The second-order valence-corrected chi connectivity index (χ2v) is 6.69. The summed E-state index contributed by atoms with van der Waals surface area (Å²) in [5.41, 5.74) is 1.38. The maximum Gasteiger partial charge on any atom is 0.232 e. The van der Waals surface area contributed by atoms with Gasteiger partial charge in [0.2, 0.25) is 10.0 Å². The Hall–Kier alpha value is -2.21. The van der Waals surface area contributed by atoms with E-state index in [0.29, 0.717) is 17.2 Å². The van der Waals surface area contributed by atoms with Gasteiger partial charge in [0.15, 0.2) is 0 Å². The molecule has 0 aliphatic rings. The first-order valence-electron chi connectivity index (χ1n) is 6.69. The minimum atomic E-state index is -3.42. The average Bonchev–Trinajstić information content (AvgIpc) is 2.52. The highest BCUT2D eigenvalue weighted by Crippen LogP contribution is 2.26. The van der Waals surface area contributed by atoms with Gasteiger partial charge in [-0.15, -0.1) is 0 Å². The Kier molecular flexibility index (Phi) is 4.92. The lowest BCUT2D eigenvalue weighted by molar-refractivity contribution is 0.410. The van der Waals surface area contributed by atoms with Gasteiger partial charge in [-0.1, -0.05) is 18.2 Å². The molecule has 0 bridgehead atoms. The fourth-order valence-electron chi connectivity index (χ4n) is 2.14. The first-order chi connectivity index (χ1) is 10.5. The molecular formula is C16H19NO4S. The fraction of sp³-hybridized carbons (Fsp3) is 0.250. The fourth-order valence-corrected chi connectivity index (χ4v) is 3.02. The Balaban J connectivity index is 2.38. The number of anilines is 1. The van der Waals surface area contributed by atoms with Crippen molar-refractivity contribution in [3.63, 3.8) is 0 Å². The minimum absolute atomic E-state index is 0.204. The van der Waals surface area contributed by atoms with Crippen LogP contribution in [0.5, 0.6) is 11.5 Å². The summed E-state index contributed by atoms with van der Waals surface area (Å²) in [6, 6.07) is 14.3. The third kappa shape index (κ3) is 3.71. The van der Waals surface area contributed by atoms with Crippen molar-refractivity contribution in [3.05, 3.63) is 54.1 Å². The van der Waals surface area contributed by atoms with Crippen LogP contribution < -0.4 is 13.8 Å². The molecule has 0 spiro atoms. The Morgan fingerprint density at radius 1 is 0.955 bits per heavy atom. The third-order valence-electron chi connectivity index (χ3n) is 3.27. The van der Waals surface area contributed by atoms with Crippen LogP contribution in [0.3, 0.4) is 0 Å². The predicted molar refractivity (Wildman–Crippen MR) is 87.0 cm³/mol. The lowest BCUT2D eigenvalue weighted by atomic mass is 10.2. The van der Waals surface area contributed by atoms with E-state index in [1.807, 2.05) is 24.3 Å². The summed E-state index contributed by atoms with van der Waals surface area (Å²) < 4.78 is 36.0. The lowest BCUT2D eigenvalue weighted by Crippen LogP contribution is -2.29. The van der Waals surface area contributed by atoms with Crippen molar-refractivity contribution >= 4 is 15.7 Å². The lowest BCUT2D eigenvalue weighted by Gasteiger charge is -2.23. The maximum absolute atomic E-state index is 12.1. The van der Waals surface area contributed by atoms with Crippen LogP contribution in [-0.4, -0.2) is 28.9 Å². The van der Waals surface area contributed by atoms with Gasteiger partial charge in [0.05, 0.1) is 32.7 Å². The predicted octanol–water partition coefficient (Wildman–Crippen LogP) is 2.67. The topological polar surface area (TPSA) is 55.8 Å². The third-order valence-corrected chi connectivity index (χ3v) is 4.41. The molecule has 5 nitrogen and oxygen atoms in total. The van der Waals surface area contributed by atoms with Crippen LogP contribution in [0, 0.1) is 0 Å². The Morgan fingerprint density at radius 2 is 1.59 bits per heavy atom. The molecule has 0 N–H and O–H groups in total. The largest absolute Gasteiger partial charge is 0.497 e. The van der Waals surface area contributed by atoms with Gasteiger partial charge in [-0.05, 0) is 30.3 Å². The molecule has 2 aromatic rings. The van der Waals surface area contributed by atoms with E-state index in [1.54, 1.807) is 38.5 Å². The van der Waals surface area contributed by atoms with Crippen LogP contribution >= 0.6 is 0 Å². The second-order valence-electron chi connectivity index (χ2n) is 4.78. The second kappa shape index (κ2) is 6.70. The molecule has 0 heterocycles. The molecule has 2 aromatic carbocycles. The summed E-state index contributed by atoms with van der Waals surface area (Å²) in [5, 5.41) is 0. The molecule has 0 fully saturated rings. The van der Waals surface area contributed by atoms with Gasteiger partial charge in [-0.25, -0.2) is 8.42 Å². The summed E-state index contributed by atoms with van der Waals surface area (Å²) in [7, 11) is -0.290. The molecule has 6 heteroatoms. The molecule has 118 valence electrons. The highest BCUT2D eigenvalue weighted by molar-refractivity contribution is 7.92. The van der Waals surface area contributed by atoms with Gasteiger partial charge >= 0.3 is 0 Å². The molecule has 0 saturated heterocycles.